The lowest BCUT2D eigenvalue weighted by molar-refractivity contribution is -0.106. The highest BCUT2D eigenvalue weighted by Gasteiger charge is 2.01. The first kappa shape index (κ1) is 9.78. The van der Waals surface area contributed by atoms with E-state index in [0.717, 1.165) is 18.5 Å². The average Bonchev–Trinajstić information content (AvgIpc) is 2.14. The molecule has 0 fully saturated rings. The molecule has 0 unspecified atom stereocenters. The molecule has 0 saturated carbocycles. The van der Waals surface area contributed by atoms with Crippen LogP contribution < -0.4 is 4.90 Å². The van der Waals surface area contributed by atoms with Gasteiger partial charge in [-0.2, -0.15) is 0 Å². The Balaban J connectivity index is 2.84. The second-order valence-corrected chi connectivity index (χ2v) is 3.04. The highest BCUT2D eigenvalue weighted by molar-refractivity contribution is 5.61. The highest BCUT2D eigenvalue weighted by atomic mass is 16.1. The van der Waals surface area contributed by atoms with E-state index >= 15 is 0 Å². The second kappa shape index (κ2) is 4.65. The zero-order chi connectivity index (χ0) is 9.68. The van der Waals surface area contributed by atoms with Gasteiger partial charge in [0.05, 0.1) is 6.54 Å². The highest BCUT2D eigenvalue weighted by Crippen LogP contribution is 2.14. The van der Waals surface area contributed by atoms with Gasteiger partial charge in [-0.15, -0.1) is 0 Å². The molecule has 2 nitrogen and oxygen atoms in total. The van der Waals surface area contributed by atoms with Gasteiger partial charge in [0.15, 0.2) is 0 Å². The SMILES string of the molecule is CCN(CC=O)c1cccc(C)c1. The van der Waals surface area contributed by atoms with Crippen LogP contribution in [0.15, 0.2) is 24.3 Å². The summed E-state index contributed by atoms with van der Waals surface area (Å²) in [5.41, 5.74) is 2.34. The van der Waals surface area contributed by atoms with E-state index in [2.05, 4.69) is 19.1 Å². The van der Waals surface area contributed by atoms with Crippen molar-refractivity contribution in [1.29, 1.82) is 0 Å². The van der Waals surface area contributed by atoms with Crippen LogP contribution in [0.1, 0.15) is 12.5 Å². The lowest BCUT2D eigenvalue weighted by atomic mass is 10.2. The van der Waals surface area contributed by atoms with Crippen molar-refractivity contribution in [2.24, 2.45) is 0 Å². The van der Waals surface area contributed by atoms with Gasteiger partial charge in [0.2, 0.25) is 0 Å². The number of rotatable bonds is 4. The fourth-order valence-corrected chi connectivity index (χ4v) is 1.33. The van der Waals surface area contributed by atoms with Gasteiger partial charge >= 0.3 is 0 Å². The molecule has 0 atom stereocenters. The Morgan fingerprint density at radius 3 is 2.77 bits per heavy atom. The number of aldehydes is 1. The minimum absolute atomic E-state index is 0.472. The molecule has 13 heavy (non-hydrogen) atoms. The summed E-state index contributed by atoms with van der Waals surface area (Å²) in [7, 11) is 0. The number of benzene rings is 1. The maximum absolute atomic E-state index is 10.4. The fourth-order valence-electron chi connectivity index (χ4n) is 1.33. The number of nitrogens with zero attached hydrogens (tertiary/aromatic N) is 1. The molecular weight excluding hydrogens is 162 g/mol. The topological polar surface area (TPSA) is 20.3 Å². The normalized spacial score (nSPS) is 9.69. The third-order valence-electron chi connectivity index (χ3n) is 2.04. The van der Waals surface area contributed by atoms with Crippen molar-refractivity contribution in [1.82, 2.24) is 0 Å². The smallest absolute Gasteiger partial charge is 0.139 e. The molecular formula is C11H15NO. The van der Waals surface area contributed by atoms with Crippen LogP contribution in [0.5, 0.6) is 0 Å². The Kier molecular flexibility index (Phi) is 3.50. The number of carbonyl (C=O) groups is 1. The number of hydrogen-bond donors (Lipinski definition) is 0. The molecule has 0 aliphatic heterocycles. The molecule has 0 N–H and O–H groups in total. The molecule has 1 rings (SSSR count). The molecule has 0 spiro atoms. The molecule has 1 aromatic rings. The van der Waals surface area contributed by atoms with E-state index in [1.54, 1.807) is 0 Å². The van der Waals surface area contributed by atoms with Crippen LogP contribution >= 0.6 is 0 Å². The Hall–Kier alpha value is -1.31. The van der Waals surface area contributed by atoms with Gasteiger partial charge in [0.25, 0.3) is 0 Å². The molecule has 0 saturated heterocycles. The molecule has 0 bridgehead atoms. The molecule has 0 amide bonds. The number of likely N-dealkylation sites (N-methyl/N-ethyl adjacent to an activating group) is 1. The van der Waals surface area contributed by atoms with Gasteiger partial charge in [-0.3, -0.25) is 0 Å². The fraction of sp³-hybridized carbons (Fsp3) is 0.364. The van der Waals surface area contributed by atoms with Crippen LogP contribution in [0.3, 0.4) is 0 Å². The molecule has 2 heteroatoms. The predicted octanol–water partition coefficient (Wildman–Crippen LogP) is 2.02. The third-order valence-corrected chi connectivity index (χ3v) is 2.04. The van der Waals surface area contributed by atoms with Crippen molar-refractivity contribution >= 4 is 12.0 Å². The van der Waals surface area contributed by atoms with Gasteiger partial charge in [-0.25, -0.2) is 0 Å². The second-order valence-electron chi connectivity index (χ2n) is 3.04. The Labute approximate surface area is 79.2 Å². The van der Waals surface area contributed by atoms with Crippen LogP contribution in [-0.4, -0.2) is 19.4 Å². The van der Waals surface area contributed by atoms with Gasteiger partial charge in [0, 0.05) is 12.2 Å². The summed E-state index contributed by atoms with van der Waals surface area (Å²) in [5, 5.41) is 0. The largest absolute Gasteiger partial charge is 0.365 e. The first-order chi connectivity index (χ1) is 6.27. The monoisotopic (exact) mass is 177 g/mol. The van der Waals surface area contributed by atoms with Crippen LogP contribution in [0.2, 0.25) is 0 Å². The van der Waals surface area contributed by atoms with E-state index < -0.39 is 0 Å². The van der Waals surface area contributed by atoms with Gasteiger partial charge in [0.1, 0.15) is 6.29 Å². The molecule has 0 heterocycles. The first-order valence-electron chi connectivity index (χ1n) is 4.53. The molecule has 0 aromatic heterocycles. The van der Waals surface area contributed by atoms with Crippen LogP contribution in [-0.2, 0) is 4.79 Å². The third kappa shape index (κ3) is 2.58. The number of anilines is 1. The Bertz CT molecular complexity index is 283. The van der Waals surface area contributed by atoms with Crippen LogP contribution in [0, 0.1) is 6.92 Å². The van der Waals surface area contributed by atoms with Crippen molar-refractivity contribution in [2.45, 2.75) is 13.8 Å². The maximum atomic E-state index is 10.4. The summed E-state index contributed by atoms with van der Waals surface area (Å²) >= 11 is 0. The van der Waals surface area contributed by atoms with Crippen molar-refractivity contribution in [3.63, 3.8) is 0 Å². The van der Waals surface area contributed by atoms with E-state index in [1.165, 1.54) is 5.56 Å². The minimum atomic E-state index is 0.472. The Morgan fingerprint density at radius 2 is 2.23 bits per heavy atom. The number of aryl methyl sites for hydroxylation is 1. The number of carbonyl (C=O) groups excluding carboxylic acids is 1. The van der Waals surface area contributed by atoms with Crippen LogP contribution in [0.25, 0.3) is 0 Å². The van der Waals surface area contributed by atoms with Crippen molar-refractivity contribution < 1.29 is 4.79 Å². The van der Waals surface area contributed by atoms with Gasteiger partial charge < -0.3 is 9.69 Å². The number of hydrogen-bond acceptors (Lipinski definition) is 2. The predicted molar refractivity (Wildman–Crippen MR) is 55.1 cm³/mol. The maximum Gasteiger partial charge on any atom is 0.139 e. The standard InChI is InChI=1S/C11H15NO/c1-3-12(7-8-13)11-6-4-5-10(2)9-11/h4-6,8-9H,3,7H2,1-2H3. The Morgan fingerprint density at radius 1 is 1.46 bits per heavy atom. The summed E-state index contributed by atoms with van der Waals surface area (Å²) in [6, 6.07) is 8.18. The van der Waals surface area contributed by atoms with Gasteiger partial charge in [-0.05, 0) is 31.5 Å². The zero-order valence-electron chi connectivity index (χ0n) is 8.16. The molecule has 1 aromatic carbocycles. The van der Waals surface area contributed by atoms with E-state index in [0.29, 0.717) is 6.54 Å². The molecule has 70 valence electrons. The van der Waals surface area contributed by atoms with Crippen molar-refractivity contribution in [3.8, 4) is 0 Å². The lowest BCUT2D eigenvalue weighted by Crippen LogP contribution is -2.24. The molecule has 0 aliphatic carbocycles. The summed E-state index contributed by atoms with van der Waals surface area (Å²) in [6.45, 7) is 5.44. The molecule has 0 aliphatic rings. The average molecular weight is 177 g/mol. The quantitative estimate of drug-likeness (QED) is 0.656. The van der Waals surface area contributed by atoms with Gasteiger partial charge in [-0.1, -0.05) is 12.1 Å². The zero-order valence-corrected chi connectivity index (χ0v) is 8.16. The van der Waals surface area contributed by atoms with E-state index in [-0.39, 0.29) is 0 Å². The van der Waals surface area contributed by atoms with Crippen molar-refractivity contribution in [3.05, 3.63) is 29.8 Å². The minimum Gasteiger partial charge on any atom is -0.365 e. The van der Waals surface area contributed by atoms with E-state index in [9.17, 15) is 4.79 Å². The summed E-state index contributed by atoms with van der Waals surface area (Å²) in [4.78, 5) is 12.4. The lowest BCUT2D eigenvalue weighted by Gasteiger charge is -2.20. The summed E-state index contributed by atoms with van der Waals surface area (Å²) < 4.78 is 0. The summed E-state index contributed by atoms with van der Waals surface area (Å²) in [6.07, 6.45) is 0.936. The first-order valence-corrected chi connectivity index (χ1v) is 4.53. The summed E-state index contributed by atoms with van der Waals surface area (Å²) in [5.74, 6) is 0. The van der Waals surface area contributed by atoms with Crippen molar-refractivity contribution in [2.75, 3.05) is 18.0 Å². The molecule has 0 radical (unpaired) electrons. The van der Waals surface area contributed by atoms with Crippen LogP contribution in [0.4, 0.5) is 5.69 Å². The van der Waals surface area contributed by atoms with E-state index in [4.69, 9.17) is 0 Å². The van der Waals surface area contributed by atoms with E-state index in [1.807, 2.05) is 24.0 Å².